The molecule has 1 aromatic carbocycles. The van der Waals surface area contributed by atoms with Crippen molar-refractivity contribution in [2.75, 3.05) is 5.75 Å². The predicted molar refractivity (Wildman–Crippen MR) is 101 cm³/mol. The van der Waals surface area contributed by atoms with Gasteiger partial charge in [0.15, 0.2) is 5.16 Å². The van der Waals surface area contributed by atoms with Gasteiger partial charge in [-0.05, 0) is 18.9 Å². The highest BCUT2D eigenvalue weighted by Crippen LogP contribution is 2.32. The zero-order valence-electron chi connectivity index (χ0n) is 13.4. The van der Waals surface area contributed by atoms with E-state index in [4.69, 9.17) is 10.2 Å². The number of unbranched alkanes of at least 4 members (excludes halogenated alkanes) is 1. The fraction of sp³-hybridized carbons (Fsp3) is 0.278. The lowest BCUT2D eigenvalue weighted by atomic mass is 10.1. The summed E-state index contributed by atoms with van der Waals surface area (Å²) in [6.45, 7) is 2.55. The minimum absolute atomic E-state index is 0.0189. The van der Waals surface area contributed by atoms with E-state index < -0.39 is 0 Å². The molecular weight excluding hydrogens is 338 g/mol. The molecule has 2 aromatic heterocycles. The summed E-state index contributed by atoms with van der Waals surface area (Å²) in [6.07, 6.45) is 1.33. The van der Waals surface area contributed by atoms with E-state index in [-0.39, 0.29) is 5.56 Å². The summed E-state index contributed by atoms with van der Waals surface area (Å²) in [5, 5.41) is 12.1. The lowest BCUT2D eigenvalue weighted by molar-refractivity contribution is 0.635. The average molecular weight is 355 g/mol. The van der Waals surface area contributed by atoms with E-state index in [0.29, 0.717) is 18.4 Å². The number of hydrogen-bond acceptors (Lipinski definition) is 5. The van der Waals surface area contributed by atoms with Gasteiger partial charge in [0.1, 0.15) is 4.83 Å². The maximum Gasteiger partial charge on any atom is 0.263 e. The van der Waals surface area contributed by atoms with Gasteiger partial charge in [0.2, 0.25) is 0 Å². The molecule has 0 N–H and O–H groups in total. The topological polar surface area (TPSA) is 58.7 Å². The SMILES string of the molecule is CCn1c(SCCCC#N)nc2scc(-c3ccccc3)c2c1=O. The fourth-order valence-electron chi connectivity index (χ4n) is 2.54. The molecule has 0 saturated heterocycles. The first kappa shape index (κ1) is 16.7. The fourth-order valence-corrected chi connectivity index (χ4v) is 4.53. The van der Waals surface area contributed by atoms with Gasteiger partial charge in [0.25, 0.3) is 5.56 Å². The van der Waals surface area contributed by atoms with E-state index in [2.05, 4.69) is 6.07 Å². The second-order valence-electron chi connectivity index (χ2n) is 5.25. The molecule has 0 fully saturated rings. The highest BCUT2D eigenvalue weighted by Gasteiger charge is 2.16. The number of aromatic nitrogens is 2. The third-order valence-electron chi connectivity index (χ3n) is 3.72. The maximum atomic E-state index is 13.0. The number of thiophene rings is 1. The van der Waals surface area contributed by atoms with Crippen LogP contribution >= 0.6 is 23.1 Å². The third-order valence-corrected chi connectivity index (χ3v) is 5.66. The summed E-state index contributed by atoms with van der Waals surface area (Å²) >= 11 is 3.06. The summed E-state index contributed by atoms with van der Waals surface area (Å²) in [7, 11) is 0. The molecule has 0 atom stereocenters. The van der Waals surface area contributed by atoms with Crippen LogP contribution in [0.1, 0.15) is 19.8 Å². The monoisotopic (exact) mass is 355 g/mol. The molecule has 6 heteroatoms. The van der Waals surface area contributed by atoms with Gasteiger partial charge in [0.05, 0.1) is 11.5 Å². The molecule has 4 nitrogen and oxygen atoms in total. The number of thioether (sulfide) groups is 1. The molecule has 0 unspecified atom stereocenters. The van der Waals surface area contributed by atoms with E-state index in [1.165, 1.54) is 11.3 Å². The summed E-state index contributed by atoms with van der Waals surface area (Å²) < 4.78 is 1.73. The number of rotatable bonds is 6. The van der Waals surface area contributed by atoms with Crippen LogP contribution < -0.4 is 5.56 Å². The highest BCUT2D eigenvalue weighted by molar-refractivity contribution is 7.99. The van der Waals surface area contributed by atoms with Gasteiger partial charge in [-0.3, -0.25) is 9.36 Å². The lowest BCUT2D eigenvalue weighted by Gasteiger charge is -2.10. The lowest BCUT2D eigenvalue weighted by Crippen LogP contribution is -2.22. The summed E-state index contributed by atoms with van der Waals surface area (Å²) in [6, 6.07) is 12.1. The molecule has 0 aliphatic carbocycles. The molecule has 3 aromatic rings. The summed E-state index contributed by atoms with van der Waals surface area (Å²) in [5.41, 5.74) is 2.02. The van der Waals surface area contributed by atoms with E-state index in [1.807, 2.05) is 42.6 Å². The second kappa shape index (κ2) is 7.65. The Morgan fingerprint density at radius 1 is 1.33 bits per heavy atom. The Hall–Kier alpha value is -2.10. The standard InChI is InChI=1S/C18H17N3OS2/c1-2-21-17(22)15-14(13-8-4-3-5-9-13)12-24-16(15)20-18(21)23-11-7-6-10-19/h3-5,8-9,12H,2,6-7,11H2,1H3. The normalized spacial score (nSPS) is 10.8. The molecular formula is C18H17N3OS2. The smallest absolute Gasteiger partial charge is 0.263 e. The molecule has 0 aliphatic rings. The number of hydrogen-bond donors (Lipinski definition) is 0. The highest BCUT2D eigenvalue weighted by atomic mass is 32.2. The number of nitriles is 1. The average Bonchev–Trinajstić information content (AvgIpc) is 3.04. The van der Waals surface area contributed by atoms with Gasteiger partial charge in [-0.15, -0.1) is 11.3 Å². The van der Waals surface area contributed by atoms with Crippen molar-refractivity contribution in [3.63, 3.8) is 0 Å². The van der Waals surface area contributed by atoms with Crippen LogP contribution in [0, 0.1) is 11.3 Å². The van der Waals surface area contributed by atoms with Crippen molar-refractivity contribution < 1.29 is 0 Å². The molecule has 0 radical (unpaired) electrons. The van der Waals surface area contributed by atoms with Gasteiger partial charge in [0, 0.05) is 29.7 Å². The van der Waals surface area contributed by atoms with E-state index >= 15 is 0 Å². The van der Waals surface area contributed by atoms with Crippen molar-refractivity contribution in [2.24, 2.45) is 0 Å². The molecule has 0 spiro atoms. The van der Waals surface area contributed by atoms with Crippen molar-refractivity contribution in [3.05, 3.63) is 46.1 Å². The Balaban J connectivity index is 2.06. The minimum Gasteiger partial charge on any atom is -0.287 e. The third kappa shape index (κ3) is 3.23. The zero-order chi connectivity index (χ0) is 16.9. The quantitative estimate of drug-likeness (QED) is 0.370. The first-order chi connectivity index (χ1) is 11.8. The Morgan fingerprint density at radius 2 is 2.12 bits per heavy atom. The van der Waals surface area contributed by atoms with Crippen LogP contribution in [0.2, 0.25) is 0 Å². The Kier molecular flexibility index (Phi) is 5.34. The minimum atomic E-state index is 0.0189. The molecule has 0 saturated carbocycles. The van der Waals surface area contributed by atoms with Crippen LogP contribution in [-0.4, -0.2) is 15.3 Å². The van der Waals surface area contributed by atoms with E-state index in [0.717, 1.165) is 33.3 Å². The molecule has 24 heavy (non-hydrogen) atoms. The van der Waals surface area contributed by atoms with Gasteiger partial charge in [-0.25, -0.2) is 4.98 Å². The Bertz CT molecular complexity index is 939. The van der Waals surface area contributed by atoms with Crippen molar-refractivity contribution in [1.29, 1.82) is 5.26 Å². The van der Waals surface area contributed by atoms with Crippen LogP contribution in [0.15, 0.2) is 45.7 Å². The van der Waals surface area contributed by atoms with Crippen molar-refractivity contribution >= 4 is 33.3 Å². The van der Waals surface area contributed by atoms with Crippen LogP contribution in [-0.2, 0) is 6.54 Å². The van der Waals surface area contributed by atoms with Crippen molar-refractivity contribution in [3.8, 4) is 17.2 Å². The van der Waals surface area contributed by atoms with E-state index in [9.17, 15) is 4.79 Å². The first-order valence-corrected chi connectivity index (χ1v) is 9.70. The van der Waals surface area contributed by atoms with Gasteiger partial charge in [-0.1, -0.05) is 42.1 Å². The number of benzene rings is 1. The van der Waals surface area contributed by atoms with E-state index in [1.54, 1.807) is 16.3 Å². The molecule has 0 aliphatic heterocycles. The Labute approximate surface area is 148 Å². The van der Waals surface area contributed by atoms with Crippen LogP contribution in [0.5, 0.6) is 0 Å². The summed E-state index contributed by atoms with van der Waals surface area (Å²) in [5.74, 6) is 0.794. The van der Waals surface area contributed by atoms with Crippen LogP contribution in [0.3, 0.4) is 0 Å². The Morgan fingerprint density at radius 3 is 2.83 bits per heavy atom. The van der Waals surface area contributed by atoms with Crippen LogP contribution in [0.25, 0.3) is 21.3 Å². The molecule has 0 amide bonds. The largest absolute Gasteiger partial charge is 0.287 e. The van der Waals surface area contributed by atoms with Crippen LogP contribution in [0.4, 0.5) is 0 Å². The van der Waals surface area contributed by atoms with Gasteiger partial charge >= 0.3 is 0 Å². The number of nitrogens with zero attached hydrogens (tertiary/aromatic N) is 3. The van der Waals surface area contributed by atoms with Crippen molar-refractivity contribution in [2.45, 2.75) is 31.5 Å². The first-order valence-electron chi connectivity index (χ1n) is 7.83. The molecule has 3 rings (SSSR count). The number of fused-ring (bicyclic) bond motifs is 1. The second-order valence-corrected chi connectivity index (χ2v) is 7.17. The van der Waals surface area contributed by atoms with Gasteiger partial charge < -0.3 is 0 Å². The maximum absolute atomic E-state index is 13.0. The predicted octanol–water partition coefficient (Wildman–Crippen LogP) is 4.54. The zero-order valence-corrected chi connectivity index (χ0v) is 15.0. The van der Waals surface area contributed by atoms with Gasteiger partial charge in [-0.2, -0.15) is 5.26 Å². The van der Waals surface area contributed by atoms with Crippen molar-refractivity contribution in [1.82, 2.24) is 9.55 Å². The molecule has 2 heterocycles. The molecule has 122 valence electrons. The summed E-state index contributed by atoms with van der Waals surface area (Å²) in [4.78, 5) is 18.5. The molecule has 0 bridgehead atoms.